The van der Waals surface area contributed by atoms with Crippen LogP contribution in [0.5, 0.6) is 5.75 Å². The number of amides is 1. The molecular formula is C17H19NO2. The maximum absolute atomic E-state index is 12.0. The van der Waals surface area contributed by atoms with Gasteiger partial charge >= 0.3 is 0 Å². The van der Waals surface area contributed by atoms with E-state index in [0.29, 0.717) is 12.2 Å². The second kappa shape index (κ2) is 6.75. The molecule has 20 heavy (non-hydrogen) atoms. The number of anilines is 1. The molecule has 0 saturated heterocycles. The molecule has 3 heteroatoms. The van der Waals surface area contributed by atoms with Gasteiger partial charge in [-0.05, 0) is 49.7 Å². The maximum atomic E-state index is 12.0. The Hall–Kier alpha value is -2.29. The van der Waals surface area contributed by atoms with Gasteiger partial charge in [0.15, 0.2) is 0 Å². The molecule has 0 atom stereocenters. The van der Waals surface area contributed by atoms with Gasteiger partial charge in [-0.25, -0.2) is 0 Å². The highest BCUT2D eigenvalue weighted by Gasteiger charge is 2.05. The third-order valence-electron chi connectivity index (χ3n) is 2.90. The molecule has 104 valence electrons. The van der Waals surface area contributed by atoms with E-state index in [1.54, 1.807) is 0 Å². The number of carbonyl (C=O) groups excluding carboxylic acids is 1. The van der Waals surface area contributed by atoms with E-state index in [9.17, 15) is 4.79 Å². The summed E-state index contributed by atoms with van der Waals surface area (Å²) >= 11 is 0. The third-order valence-corrected chi connectivity index (χ3v) is 2.90. The molecule has 0 aromatic heterocycles. The van der Waals surface area contributed by atoms with Crippen molar-refractivity contribution in [2.45, 2.75) is 20.3 Å². The summed E-state index contributed by atoms with van der Waals surface area (Å²) in [5, 5.41) is 2.87. The van der Waals surface area contributed by atoms with Gasteiger partial charge in [-0.2, -0.15) is 0 Å². The van der Waals surface area contributed by atoms with Crippen LogP contribution in [0.1, 0.15) is 29.3 Å². The molecule has 2 aromatic rings. The smallest absolute Gasteiger partial charge is 0.255 e. The number of hydrogen-bond acceptors (Lipinski definition) is 2. The van der Waals surface area contributed by atoms with E-state index in [2.05, 4.69) is 12.2 Å². The lowest BCUT2D eigenvalue weighted by atomic mass is 10.1. The van der Waals surface area contributed by atoms with Gasteiger partial charge < -0.3 is 10.1 Å². The predicted octanol–water partition coefficient (Wildman–Crippen LogP) is 4.04. The SMILES string of the molecule is CCCOc1ccc(NC(=O)c2ccc(C)cc2)cc1. The van der Waals surface area contributed by atoms with Crippen LogP contribution >= 0.6 is 0 Å². The molecule has 0 fully saturated rings. The topological polar surface area (TPSA) is 38.3 Å². The van der Waals surface area contributed by atoms with Crippen LogP contribution in [0.4, 0.5) is 5.69 Å². The fourth-order valence-corrected chi connectivity index (χ4v) is 1.76. The molecule has 0 aliphatic rings. The average Bonchev–Trinajstić information content (AvgIpc) is 2.47. The number of benzene rings is 2. The third kappa shape index (κ3) is 3.85. The summed E-state index contributed by atoms with van der Waals surface area (Å²) < 4.78 is 5.50. The lowest BCUT2D eigenvalue weighted by molar-refractivity contribution is 0.102. The van der Waals surface area contributed by atoms with Crippen molar-refractivity contribution in [3.8, 4) is 5.75 Å². The van der Waals surface area contributed by atoms with Gasteiger partial charge in [0.1, 0.15) is 5.75 Å². The molecule has 2 aromatic carbocycles. The van der Waals surface area contributed by atoms with Crippen LogP contribution in [0.2, 0.25) is 0 Å². The van der Waals surface area contributed by atoms with E-state index < -0.39 is 0 Å². The van der Waals surface area contributed by atoms with Crippen LogP contribution < -0.4 is 10.1 Å². The number of hydrogen-bond donors (Lipinski definition) is 1. The Bertz CT molecular complexity index is 559. The van der Waals surface area contributed by atoms with Gasteiger partial charge in [-0.1, -0.05) is 24.6 Å². The molecule has 0 aliphatic heterocycles. The van der Waals surface area contributed by atoms with E-state index in [1.807, 2.05) is 55.5 Å². The summed E-state index contributed by atoms with van der Waals surface area (Å²) in [6, 6.07) is 14.9. The molecule has 3 nitrogen and oxygen atoms in total. The summed E-state index contributed by atoms with van der Waals surface area (Å²) in [5.74, 6) is 0.715. The van der Waals surface area contributed by atoms with Gasteiger partial charge in [-0.3, -0.25) is 4.79 Å². The van der Waals surface area contributed by atoms with E-state index in [1.165, 1.54) is 0 Å². The van der Waals surface area contributed by atoms with Crippen molar-refractivity contribution in [2.75, 3.05) is 11.9 Å². The molecule has 0 heterocycles. The minimum atomic E-state index is -0.104. The number of nitrogens with one attached hydrogen (secondary N) is 1. The van der Waals surface area contributed by atoms with Crippen molar-refractivity contribution in [3.05, 3.63) is 59.7 Å². The molecular weight excluding hydrogens is 250 g/mol. The minimum Gasteiger partial charge on any atom is -0.494 e. The first-order valence-electron chi connectivity index (χ1n) is 6.80. The normalized spacial score (nSPS) is 10.1. The largest absolute Gasteiger partial charge is 0.494 e. The molecule has 0 saturated carbocycles. The van der Waals surface area contributed by atoms with E-state index in [4.69, 9.17) is 4.74 Å². The fourth-order valence-electron chi connectivity index (χ4n) is 1.76. The van der Waals surface area contributed by atoms with Crippen molar-refractivity contribution in [2.24, 2.45) is 0 Å². The Morgan fingerprint density at radius 3 is 2.30 bits per heavy atom. The second-order valence-electron chi connectivity index (χ2n) is 4.69. The zero-order valence-electron chi connectivity index (χ0n) is 11.8. The molecule has 1 N–H and O–H groups in total. The summed E-state index contributed by atoms with van der Waals surface area (Å²) in [6.07, 6.45) is 0.978. The van der Waals surface area contributed by atoms with Crippen molar-refractivity contribution < 1.29 is 9.53 Å². The average molecular weight is 269 g/mol. The Balaban J connectivity index is 1.99. The minimum absolute atomic E-state index is 0.104. The van der Waals surface area contributed by atoms with Crippen LogP contribution in [0.3, 0.4) is 0 Å². The predicted molar refractivity (Wildman–Crippen MR) is 81.4 cm³/mol. The van der Waals surface area contributed by atoms with E-state index in [-0.39, 0.29) is 5.91 Å². The Morgan fingerprint density at radius 2 is 1.70 bits per heavy atom. The first kappa shape index (κ1) is 14.1. The monoisotopic (exact) mass is 269 g/mol. The zero-order chi connectivity index (χ0) is 14.4. The Kier molecular flexibility index (Phi) is 4.77. The Labute approximate surface area is 119 Å². The first-order valence-corrected chi connectivity index (χ1v) is 6.80. The summed E-state index contributed by atoms with van der Waals surface area (Å²) in [6.45, 7) is 4.77. The highest BCUT2D eigenvalue weighted by Crippen LogP contribution is 2.16. The lowest BCUT2D eigenvalue weighted by Crippen LogP contribution is -2.11. The zero-order valence-corrected chi connectivity index (χ0v) is 11.8. The molecule has 0 aliphatic carbocycles. The molecule has 0 bridgehead atoms. The maximum Gasteiger partial charge on any atom is 0.255 e. The number of rotatable bonds is 5. The summed E-state index contributed by atoms with van der Waals surface area (Å²) in [4.78, 5) is 12.0. The molecule has 0 radical (unpaired) electrons. The van der Waals surface area contributed by atoms with E-state index >= 15 is 0 Å². The summed E-state index contributed by atoms with van der Waals surface area (Å²) in [5.41, 5.74) is 2.56. The van der Waals surface area contributed by atoms with Crippen LogP contribution in [-0.2, 0) is 0 Å². The van der Waals surface area contributed by atoms with Crippen LogP contribution in [-0.4, -0.2) is 12.5 Å². The van der Waals surface area contributed by atoms with Crippen molar-refractivity contribution in [3.63, 3.8) is 0 Å². The van der Waals surface area contributed by atoms with Crippen molar-refractivity contribution in [1.29, 1.82) is 0 Å². The van der Waals surface area contributed by atoms with Gasteiger partial charge in [-0.15, -0.1) is 0 Å². The van der Waals surface area contributed by atoms with Crippen molar-refractivity contribution >= 4 is 11.6 Å². The highest BCUT2D eigenvalue weighted by molar-refractivity contribution is 6.04. The van der Waals surface area contributed by atoms with Crippen molar-refractivity contribution in [1.82, 2.24) is 0 Å². The number of carbonyl (C=O) groups is 1. The van der Waals surface area contributed by atoms with Crippen LogP contribution in [0.15, 0.2) is 48.5 Å². The Morgan fingerprint density at radius 1 is 1.05 bits per heavy atom. The molecule has 1 amide bonds. The van der Waals surface area contributed by atoms with E-state index in [0.717, 1.165) is 23.4 Å². The molecule has 2 rings (SSSR count). The highest BCUT2D eigenvalue weighted by atomic mass is 16.5. The molecule has 0 unspecified atom stereocenters. The van der Waals surface area contributed by atoms with Gasteiger partial charge in [0.25, 0.3) is 5.91 Å². The second-order valence-corrected chi connectivity index (χ2v) is 4.69. The number of aryl methyl sites for hydroxylation is 1. The first-order chi connectivity index (χ1) is 9.69. The number of ether oxygens (including phenoxy) is 1. The standard InChI is InChI=1S/C17H19NO2/c1-3-12-20-16-10-8-15(9-11-16)18-17(19)14-6-4-13(2)5-7-14/h4-11H,3,12H2,1-2H3,(H,18,19). The summed E-state index contributed by atoms with van der Waals surface area (Å²) in [7, 11) is 0. The lowest BCUT2D eigenvalue weighted by Gasteiger charge is -2.08. The molecule has 0 spiro atoms. The quantitative estimate of drug-likeness (QED) is 0.889. The van der Waals surface area contributed by atoms with Gasteiger partial charge in [0, 0.05) is 11.3 Å². The fraction of sp³-hybridized carbons (Fsp3) is 0.235. The van der Waals surface area contributed by atoms with Crippen LogP contribution in [0.25, 0.3) is 0 Å². The van der Waals surface area contributed by atoms with Crippen LogP contribution in [0, 0.1) is 6.92 Å². The van der Waals surface area contributed by atoms with Gasteiger partial charge in [0.05, 0.1) is 6.61 Å². The van der Waals surface area contributed by atoms with Gasteiger partial charge in [0.2, 0.25) is 0 Å².